The van der Waals surface area contributed by atoms with E-state index in [-0.39, 0.29) is 6.03 Å². The number of hydrogen-bond acceptors (Lipinski definition) is 4. The van der Waals surface area contributed by atoms with Crippen LogP contribution in [0.15, 0.2) is 66.9 Å². The minimum absolute atomic E-state index is 0.314. The van der Waals surface area contributed by atoms with Crippen molar-refractivity contribution in [3.63, 3.8) is 0 Å². The molecule has 0 aliphatic rings. The number of rotatable bonds is 7. The van der Waals surface area contributed by atoms with E-state index in [9.17, 15) is 4.79 Å². The predicted octanol–water partition coefficient (Wildman–Crippen LogP) is 4.64. The van der Waals surface area contributed by atoms with Gasteiger partial charge in [-0.3, -0.25) is 4.98 Å². The van der Waals surface area contributed by atoms with Gasteiger partial charge in [0.25, 0.3) is 0 Å². The summed E-state index contributed by atoms with van der Waals surface area (Å²) < 4.78 is 10.8. The zero-order valence-corrected chi connectivity index (χ0v) is 16.1. The number of nitrogens with zero attached hydrogens (tertiary/aromatic N) is 1. The van der Waals surface area contributed by atoms with E-state index in [1.165, 1.54) is 0 Å². The van der Waals surface area contributed by atoms with Gasteiger partial charge in [0.2, 0.25) is 0 Å². The molecule has 0 saturated heterocycles. The lowest BCUT2D eigenvalue weighted by molar-refractivity contribution is 0.251. The van der Waals surface area contributed by atoms with Crippen molar-refractivity contribution < 1.29 is 14.3 Å². The van der Waals surface area contributed by atoms with Crippen LogP contribution in [-0.4, -0.2) is 18.1 Å². The van der Waals surface area contributed by atoms with E-state index in [2.05, 4.69) is 15.6 Å². The average molecular weight is 398 g/mol. The highest BCUT2D eigenvalue weighted by molar-refractivity contribution is 6.32. The third-order valence-electron chi connectivity index (χ3n) is 3.88. The molecule has 28 heavy (non-hydrogen) atoms. The Labute approximate surface area is 168 Å². The minimum atomic E-state index is -0.332. The van der Waals surface area contributed by atoms with Gasteiger partial charge in [0.15, 0.2) is 0 Å². The van der Waals surface area contributed by atoms with Crippen LogP contribution in [0.5, 0.6) is 11.5 Å². The van der Waals surface area contributed by atoms with E-state index in [0.717, 1.165) is 17.0 Å². The predicted molar refractivity (Wildman–Crippen MR) is 109 cm³/mol. The number of ether oxygens (including phenoxy) is 2. The van der Waals surface area contributed by atoms with Gasteiger partial charge in [0.05, 0.1) is 17.8 Å². The molecule has 0 bridgehead atoms. The minimum Gasteiger partial charge on any atom is -0.497 e. The molecular formula is C21H20ClN3O3. The number of amides is 2. The van der Waals surface area contributed by atoms with Gasteiger partial charge in [-0.25, -0.2) is 4.79 Å². The third-order valence-corrected chi connectivity index (χ3v) is 4.17. The molecule has 0 saturated carbocycles. The van der Waals surface area contributed by atoms with Crippen molar-refractivity contribution in [2.75, 3.05) is 12.4 Å². The summed E-state index contributed by atoms with van der Waals surface area (Å²) in [6, 6.07) is 17.9. The number of pyridine rings is 1. The topological polar surface area (TPSA) is 72.5 Å². The Morgan fingerprint density at radius 3 is 2.75 bits per heavy atom. The molecule has 0 atom stereocenters. The van der Waals surface area contributed by atoms with Gasteiger partial charge in [-0.2, -0.15) is 0 Å². The molecule has 0 aliphatic carbocycles. The number of methoxy groups -OCH3 is 1. The van der Waals surface area contributed by atoms with Gasteiger partial charge in [-0.15, -0.1) is 0 Å². The van der Waals surface area contributed by atoms with E-state index in [4.69, 9.17) is 21.1 Å². The van der Waals surface area contributed by atoms with Crippen LogP contribution in [-0.2, 0) is 13.2 Å². The monoisotopic (exact) mass is 397 g/mol. The van der Waals surface area contributed by atoms with Crippen molar-refractivity contribution >= 4 is 23.3 Å². The molecular weight excluding hydrogens is 378 g/mol. The summed E-state index contributed by atoms with van der Waals surface area (Å²) in [6.45, 7) is 0.691. The molecule has 0 unspecified atom stereocenters. The Bertz CT molecular complexity index is 935. The molecule has 0 radical (unpaired) electrons. The van der Waals surface area contributed by atoms with Crippen molar-refractivity contribution in [3.8, 4) is 11.5 Å². The van der Waals surface area contributed by atoms with Gasteiger partial charge in [-0.1, -0.05) is 29.8 Å². The first-order chi connectivity index (χ1) is 13.6. The fourth-order valence-electron chi connectivity index (χ4n) is 2.47. The van der Waals surface area contributed by atoms with E-state index < -0.39 is 0 Å². The maximum Gasteiger partial charge on any atom is 0.319 e. The highest BCUT2D eigenvalue weighted by Crippen LogP contribution is 2.28. The zero-order valence-electron chi connectivity index (χ0n) is 15.3. The van der Waals surface area contributed by atoms with Gasteiger partial charge in [0, 0.05) is 18.4 Å². The smallest absolute Gasteiger partial charge is 0.319 e. The molecule has 0 fully saturated rings. The van der Waals surface area contributed by atoms with Crippen LogP contribution in [0.2, 0.25) is 5.02 Å². The molecule has 0 aliphatic heterocycles. The van der Waals surface area contributed by atoms with E-state index in [0.29, 0.717) is 29.6 Å². The van der Waals surface area contributed by atoms with Gasteiger partial charge >= 0.3 is 6.03 Å². The lowest BCUT2D eigenvalue weighted by atomic mass is 10.2. The van der Waals surface area contributed by atoms with E-state index >= 15 is 0 Å². The number of benzene rings is 2. The number of carbonyl (C=O) groups excluding carboxylic acids is 1. The van der Waals surface area contributed by atoms with Crippen LogP contribution in [0.1, 0.15) is 11.3 Å². The van der Waals surface area contributed by atoms with Gasteiger partial charge < -0.3 is 20.1 Å². The summed E-state index contributed by atoms with van der Waals surface area (Å²) in [4.78, 5) is 16.3. The molecule has 1 heterocycles. The summed E-state index contributed by atoms with van der Waals surface area (Å²) in [5.74, 6) is 1.27. The summed E-state index contributed by atoms with van der Waals surface area (Å²) >= 11 is 6.25. The maximum atomic E-state index is 12.1. The second kappa shape index (κ2) is 9.62. The summed E-state index contributed by atoms with van der Waals surface area (Å²) in [6.07, 6.45) is 1.71. The SMILES string of the molecule is COc1cccc(CNC(=O)Nc2ccc(OCc3ccccn3)c(Cl)c2)c1. The molecule has 0 spiro atoms. The Hall–Kier alpha value is -3.25. The highest BCUT2D eigenvalue weighted by atomic mass is 35.5. The van der Waals surface area contributed by atoms with Crippen LogP contribution in [0.3, 0.4) is 0 Å². The number of carbonyl (C=O) groups is 1. The fourth-order valence-corrected chi connectivity index (χ4v) is 2.71. The zero-order chi connectivity index (χ0) is 19.8. The van der Waals surface area contributed by atoms with Crippen LogP contribution < -0.4 is 20.1 Å². The Morgan fingerprint density at radius 2 is 2.00 bits per heavy atom. The van der Waals surface area contributed by atoms with Crippen molar-refractivity contribution in [1.82, 2.24) is 10.3 Å². The van der Waals surface area contributed by atoms with Crippen LogP contribution in [0.25, 0.3) is 0 Å². The summed E-state index contributed by atoms with van der Waals surface area (Å²) in [7, 11) is 1.60. The van der Waals surface area contributed by atoms with Crippen molar-refractivity contribution in [2.45, 2.75) is 13.2 Å². The normalized spacial score (nSPS) is 10.2. The molecule has 2 aromatic carbocycles. The highest BCUT2D eigenvalue weighted by Gasteiger charge is 2.07. The van der Waals surface area contributed by atoms with Gasteiger partial charge in [0.1, 0.15) is 18.1 Å². The first-order valence-electron chi connectivity index (χ1n) is 8.64. The van der Waals surface area contributed by atoms with Crippen LogP contribution in [0.4, 0.5) is 10.5 Å². The molecule has 2 amide bonds. The number of aromatic nitrogens is 1. The molecule has 1 aromatic heterocycles. The molecule has 144 valence electrons. The molecule has 7 heteroatoms. The van der Waals surface area contributed by atoms with Gasteiger partial charge in [-0.05, 0) is 48.0 Å². The lowest BCUT2D eigenvalue weighted by Crippen LogP contribution is -2.28. The van der Waals surface area contributed by atoms with Crippen LogP contribution in [0, 0.1) is 0 Å². The quantitative estimate of drug-likeness (QED) is 0.609. The Kier molecular flexibility index (Phi) is 6.70. The molecule has 3 rings (SSSR count). The largest absolute Gasteiger partial charge is 0.497 e. The van der Waals surface area contributed by atoms with Crippen LogP contribution >= 0.6 is 11.6 Å². The van der Waals surface area contributed by atoms with E-state index in [1.54, 1.807) is 31.5 Å². The third kappa shape index (κ3) is 5.62. The number of nitrogens with one attached hydrogen (secondary N) is 2. The molecule has 2 N–H and O–H groups in total. The maximum absolute atomic E-state index is 12.1. The van der Waals surface area contributed by atoms with Crippen molar-refractivity contribution in [3.05, 3.63) is 83.1 Å². The lowest BCUT2D eigenvalue weighted by Gasteiger charge is -2.11. The standard InChI is InChI=1S/C21H20ClN3O3/c1-27-18-7-4-5-15(11-18)13-24-21(26)25-16-8-9-20(19(22)12-16)28-14-17-6-2-3-10-23-17/h2-12H,13-14H2,1H3,(H2,24,25,26). The second-order valence-corrected chi connectivity index (χ2v) is 6.32. The number of urea groups is 1. The van der Waals surface area contributed by atoms with Crippen molar-refractivity contribution in [1.29, 1.82) is 0 Å². The molecule has 6 nitrogen and oxygen atoms in total. The molecule has 3 aromatic rings. The fraction of sp³-hybridized carbons (Fsp3) is 0.143. The Morgan fingerprint density at radius 1 is 1.11 bits per heavy atom. The first kappa shape index (κ1) is 19.5. The number of halogens is 1. The summed E-state index contributed by atoms with van der Waals surface area (Å²) in [5, 5.41) is 5.94. The second-order valence-electron chi connectivity index (χ2n) is 5.91. The first-order valence-corrected chi connectivity index (χ1v) is 9.02. The number of anilines is 1. The average Bonchev–Trinajstić information content (AvgIpc) is 2.72. The number of hydrogen-bond donors (Lipinski definition) is 2. The van der Waals surface area contributed by atoms with Crippen molar-refractivity contribution in [2.24, 2.45) is 0 Å². The van der Waals surface area contributed by atoms with E-state index in [1.807, 2.05) is 42.5 Å². The Balaban J connectivity index is 1.52. The summed E-state index contributed by atoms with van der Waals surface area (Å²) in [5.41, 5.74) is 2.31.